The summed E-state index contributed by atoms with van der Waals surface area (Å²) in [7, 11) is 0. The van der Waals surface area contributed by atoms with E-state index in [4.69, 9.17) is 0 Å². The van der Waals surface area contributed by atoms with Gasteiger partial charge in [-0.2, -0.15) is 0 Å². The van der Waals surface area contributed by atoms with E-state index in [1.165, 1.54) is 4.90 Å². The first-order valence-electron chi connectivity index (χ1n) is 7.86. The van der Waals surface area contributed by atoms with Gasteiger partial charge >= 0.3 is 6.03 Å². The number of hydrogen-bond acceptors (Lipinski definition) is 6. The number of aryl methyl sites for hydroxylation is 2. The molecule has 2 aliphatic rings. The van der Waals surface area contributed by atoms with E-state index in [1.54, 1.807) is 11.1 Å². The lowest BCUT2D eigenvalue weighted by Gasteiger charge is -2.36. The highest BCUT2D eigenvalue weighted by atomic mass is 16.2. The van der Waals surface area contributed by atoms with Crippen LogP contribution in [0.3, 0.4) is 0 Å². The summed E-state index contributed by atoms with van der Waals surface area (Å²) >= 11 is 0. The lowest BCUT2D eigenvalue weighted by molar-refractivity contribution is -0.132. The van der Waals surface area contributed by atoms with Crippen molar-refractivity contribution in [3.05, 3.63) is 17.6 Å². The van der Waals surface area contributed by atoms with Gasteiger partial charge in [0.2, 0.25) is 11.8 Å². The Hall–Kier alpha value is -2.71. The third-order valence-electron chi connectivity index (χ3n) is 4.18. The second kappa shape index (κ2) is 6.42. The first kappa shape index (κ1) is 16.2. The zero-order chi connectivity index (χ0) is 17.3. The summed E-state index contributed by atoms with van der Waals surface area (Å²) in [5.41, 5.74) is 1.73. The third-order valence-corrected chi connectivity index (χ3v) is 4.18. The van der Waals surface area contributed by atoms with Crippen LogP contribution in [0.2, 0.25) is 0 Å². The van der Waals surface area contributed by atoms with E-state index in [0.717, 1.165) is 17.2 Å². The topological polar surface area (TPSA) is 98.7 Å². The minimum Gasteiger partial charge on any atom is -0.352 e. The fourth-order valence-corrected chi connectivity index (χ4v) is 2.87. The summed E-state index contributed by atoms with van der Waals surface area (Å²) in [4.78, 5) is 48.9. The third kappa shape index (κ3) is 3.29. The van der Waals surface area contributed by atoms with E-state index in [0.29, 0.717) is 26.2 Å². The molecule has 0 saturated carbocycles. The zero-order valence-corrected chi connectivity index (χ0v) is 13.8. The van der Waals surface area contributed by atoms with Crippen LogP contribution >= 0.6 is 0 Å². The highest BCUT2D eigenvalue weighted by Gasteiger charge is 2.31. The van der Waals surface area contributed by atoms with Crippen molar-refractivity contribution in [2.24, 2.45) is 0 Å². The predicted molar refractivity (Wildman–Crippen MR) is 85.4 cm³/mol. The number of rotatable bonds is 3. The van der Waals surface area contributed by atoms with Crippen LogP contribution in [0.25, 0.3) is 0 Å². The molecular formula is C15H20N6O3. The second-order valence-electron chi connectivity index (χ2n) is 6.00. The quantitative estimate of drug-likeness (QED) is 0.735. The van der Waals surface area contributed by atoms with Crippen molar-refractivity contribution >= 4 is 23.7 Å². The van der Waals surface area contributed by atoms with Crippen molar-refractivity contribution in [2.75, 3.05) is 44.2 Å². The van der Waals surface area contributed by atoms with Crippen molar-refractivity contribution in [3.8, 4) is 0 Å². The van der Waals surface area contributed by atoms with Crippen molar-refractivity contribution in [3.63, 3.8) is 0 Å². The minimum atomic E-state index is -0.502. The van der Waals surface area contributed by atoms with Crippen LogP contribution in [0, 0.1) is 13.8 Å². The number of amides is 4. The maximum Gasteiger partial charge on any atom is 0.325 e. The molecule has 24 heavy (non-hydrogen) atoms. The molecule has 4 amide bonds. The molecule has 3 rings (SSSR count). The van der Waals surface area contributed by atoms with Gasteiger partial charge in [-0.25, -0.2) is 9.78 Å². The summed E-state index contributed by atoms with van der Waals surface area (Å²) in [6.45, 7) is 6.13. The molecular weight excluding hydrogens is 312 g/mol. The molecule has 1 aromatic rings. The van der Waals surface area contributed by atoms with E-state index < -0.39 is 6.03 Å². The van der Waals surface area contributed by atoms with Gasteiger partial charge in [-0.15, -0.1) is 0 Å². The van der Waals surface area contributed by atoms with Crippen LogP contribution < -0.4 is 10.2 Å². The maximum atomic E-state index is 12.3. The number of piperazine rings is 1. The van der Waals surface area contributed by atoms with E-state index >= 15 is 0 Å². The molecule has 0 atom stereocenters. The molecule has 128 valence electrons. The molecule has 0 aliphatic carbocycles. The SMILES string of the molecule is Cc1cnc(C)c(N2CCN(C(=O)CN3CC(=O)NC3=O)CC2)n1. The summed E-state index contributed by atoms with van der Waals surface area (Å²) < 4.78 is 0. The fourth-order valence-electron chi connectivity index (χ4n) is 2.87. The Morgan fingerprint density at radius 1 is 1.21 bits per heavy atom. The molecule has 2 aliphatic heterocycles. The van der Waals surface area contributed by atoms with E-state index in [-0.39, 0.29) is 24.9 Å². The number of aromatic nitrogens is 2. The summed E-state index contributed by atoms with van der Waals surface area (Å²) in [6.07, 6.45) is 1.74. The Balaban J connectivity index is 1.57. The number of anilines is 1. The van der Waals surface area contributed by atoms with Crippen LogP contribution in [0.15, 0.2) is 6.20 Å². The smallest absolute Gasteiger partial charge is 0.325 e. The number of nitrogens with zero attached hydrogens (tertiary/aromatic N) is 5. The molecule has 2 fully saturated rings. The van der Waals surface area contributed by atoms with Crippen molar-refractivity contribution in [2.45, 2.75) is 13.8 Å². The maximum absolute atomic E-state index is 12.3. The normalized spacial score (nSPS) is 18.2. The summed E-state index contributed by atoms with van der Waals surface area (Å²) in [5.74, 6) is 0.337. The highest BCUT2D eigenvalue weighted by molar-refractivity contribution is 6.03. The Kier molecular flexibility index (Phi) is 4.32. The molecule has 3 heterocycles. The number of hydrogen-bond donors (Lipinski definition) is 1. The highest BCUT2D eigenvalue weighted by Crippen LogP contribution is 2.17. The van der Waals surface area contributed by atoms with Crippen molar-refractivity contribution in [1.82, 2.24) is 25.1 Å². The van der Waals surface area contributed by atoms with Gasteiger partial charge in [0.25, 0.3) is 0 Å². The zero-order valence-electron chi connectivity index (χ0n) is 13.8. The first-order valence-corrected chi connectivity index (χ1v) is 7.86. The average molecular weight is 332 g/mol. The first-order chi connectivity index (χ1) is 11.4. The fraction of sp³-hybridized carbons (Fsp3) is 0.533. The Bertz CT molecular complexity index is 684. The van der Waals surface area contributed by atoms with Crippen molar-refractivity contribution in [1.29, 1.82) is 0 Å². The van der Waals surface area contributed by atoms with Gasteiger partial charge < -0.3 is 14.7 Å². The second-order valence-corrected chi connectivity index (χ2v) is 6.00. The molecule has 9 heteroatoms. The lowest BCUT2D eigenvalue weighted by atomic mass is 10.2. The van der Waals surface area contributed by atoms with Crippen LogP contribution in [-0.4, -0.2) is 76.9 Å². The monoisotopic (exact) mass is 332 g/mol. The molecule has 0 radical (unpaired) electrons. The van der Waals surface area contributed by atoms with E-state index in [1.807, 2.05) is 13.8 Å². The van der Waals surface area contributed by atoms with Gasteiger partial charge in [0.15, 0.2) is 0 Å². The summed E-state index contributed by atoms with van der Waals surface area (Å²) in [5, 5.41) is 2.17. The Morgan fingerprint density at radius 3 is 2.54 bits per heavy atom. The number of imide groups is 1. The standard InChI is InChI=1S/C15H20N6O3/c1-10-7-16-11(2)14(17-10)20-5-3-19(4-6-20)13(23)9-21-8-12(22)18-15(21)24/h7H,3-6,8-9H2,1-2H3,(H,18,22,24). The molecule has 1 aromatic heterocycles. The van der Waals surface area contributed by atoms with Crippen LogP contribution in [0.4, 0.5) is 10.6 Å². The van der Waals surface area contributed by atoms with Gasteiger partial charge in [0.05, 0.1) is 11.4 Å². The largest absolute Gasteiger partial charge is 0.352 e. The molecule has 2 saturated heterocycles. The van der Waals surface area contributed by atoms with E-state index in [9.17, 15) is 14.4 Å². The van der Waals surface area contributed by atoms with E-state index in [2.05, 4.69) is 20.2 Å². The van der Waals surface area contributed by atoms with Gasteiger partial charge in [-0.05, 0) is 13.8 Å². The Morgan fingerprint density at radius 2 is 1.92 bits per heavy atom. The molecule has 1 N–H and O–H groups in total. The minimum absolute atomic E-state index is 0.0530. The molecule has 0 unspecified atom stereocenters. The molecule has 0 spiro atoms. The van der Waals surface area contributed by atoms with Crippen molar-refractivity contribution < 1.29 is 14.4 Å². The predicted octanol–water partition coefficient (Wildman–Crippen LogP) is -0.706. The van der Waals surface area contributed by atoms with Crippen LogP contribution in [0.5, 0.6) is 0 Å². The van der Waals surface area contributed by atoms with Gasteiger partial charge in [-0.3, -0.25) is 19.9 Å². The van der Waals surface area contributed by atoms with Crippen LogP contribution in [-0.2, 0) is 9.59 Å². The molecule has 0 bridgehead atoms. The molecule has 9 nitrogen and oxygen atoms in total. The summed E-state index contributed by atoms with van der Waals surface area (Å²) in [6, 6.07) is -0.502. The number of carbonyl (C=O) groups excluding carboxylic acids is 3. The van der Waals surface area contributed by atoms with Crippen LogP contribution in [0.1, 0.15) is 11.4 Å². The average Bonchev–Trinajstić information content (AvgIpc) is 2.87. The van der Waals surface area contributed by atoms with Gasteiger partial charge in [-0.1, -0.05) is 0 Å². The van der Waals surface area contributed by atoms with Gasteiger partial charge in [0.1, 0.15) is 18.9 Å². The number of urea groups is 1. The Labute approximate surface area is 139 Å². The van der Waals surface area contributed by atoms with Gasteiger partial charge in [0, 0.05) is 32.4 Å². The number of carbonyl (C=O) groups is 3. The molecule has 0 aromatic carbocycles. The number of nitrogens with one attached hydrogen (secondary N) is 1. The lowest BCUT2D eigenvalue weighted by Crippen LogP contribution is -2.52.